The molecule has 4 heterocycles. The van der Waals surface area contributed by atoms with Gasteiger partial charge in [-0.05, 0) is 39.9 Å². The SMILES string of the molecule is CC1(C)OC[C@H]([C@H]2O[C@@H]3OC(C)(C)O[C@@H]3[C@]23CNC(=S)O3)O1. The van der Waals surface area contributed by atoms with Crippen LogP contribution in [0.2, 0.25) is 0 Å². The number of hydrogen-bond acceptors (Lipinski definition) is 7. The van der Waals surface area contributed by atoms with Crippen LogP contribution in [0.25, 0.3) is 0 Å². The predicted octanol–water partition coefficient (Wildman–Crippen LogP) is 0.658. The van der Waals surface area contributed by atoms with E-state index in [4.69, 9.17) is 40.6 Å². The number of fused-ring (bicyclic) bond motifs is 2. The van der Waals surface area contributed by atoms with Crippen LogP contribution in [-0.4, -0.2) is 60.1 Å². The van der Waals surface area contributed by atoms with Crippen molar-refractivity contribution in [2.45, 2.75) is 69.5 Å². The van der Waals surface area contributed by atoms with E-state index in [1.807, 2.05) is 27.7 Å². The van der Waals surface area contributed by atoms with Crippen molar-refractivity contribution in [1.29, 1.82) is 0 Å². The summed E-state index contributed by atoms with van der Waals surface area (Å²) in [7, 11) is 0. The van der Waals surface area contributed by atoms with Gasteiger partial charge >= 0.3 is 0 Å². The van der Waals surface area contributed by atoms with E-state index >= 15 is 0 Å². The Bertz CT molecular complexity index is 512. The lowest BCUT2D eigenvalue weighted by molar-refractivity contribution is -0.242. The zero-order valence-electron chi connectivity index (χ0n) is 13.1. The van der Waals surface area contributed by atoms with Crippen LogP contribution in [0.3, 0.4) is 0 Å². The lowest BCUT2D eigenvalue weighted by Crippen LogP contribution is -2.56. The fourth-order valence-corrected chi connectivity index (χ4v) is 3.85. The molecule has 8 heteroatoms. The highest BCUT2D eigenvalue weighted by Crippen LogP contribution is 2.48. The van der Waals surface area contributed by atoms with Gasteiger partial charge in [-0.2, -0.15) is 0 Å². The minimum Gasteiger partial charge on any atom is -0.457 e. The molecule has 0 radical (unpaired) electrons. The second kappa shape index (κ2) is 4.52. The highest BCUT2D eigenvalue weighted by atomic mass is 32.1. The van der Waals surface area contributed by atoms with E-state index < -0.39 is 23.5 Å². The molecule has 5 atom stereocenters. The molecule has 0 amide bonds. The van der Waals surface area contributed by atoms with Crippen molar-refractivity contribution < 1.29 is 28.4 Å². The van der Waals surface area contributed by atoms with Crippen molar-refractivity contribution in [2.75, 3.05) is 13.2 Å². The normalized spacial score (nSPS) is 48.5. The van der Waals surface area contributed by atoms with Crippen molar-refractivity contribution in [3.8, 4) is 0 Å². The molecular formula is C14H21NO6S. The average Bonchev–Trinajstić information content (AvgIpc) is 3.07. The fourth-order valence-electron chi connectivity index (χ4n) is 3.62. The molecule has 4 saturated heterocycles. The Labute approximate surface area is 134 Å². The lowest BCUT2D eigenvalue weighted by Gasteiger charge is -2.35. The third-order valence-electron chi connectivity index (χ3n) is 4.46. The molecule has 7 nitrogen and oxygen atoms in total. The maximum absolute atomic E-state index is 6.11. The quantitative estimate of drug-likeness (QED) is 0.703. The highest BCUT2D eigenvalue weighted by molar-refractivity contribution is 7.80. The molecule has 1 spiro atoms. The second-order valence-corrected chi connectivity index (χ2v) is 7.42. The van der Waals surface area contributed by atoms with Gasteiger partial charge in [0.15, 0.2) is 29.6 Å². The highest BCUT2D eigenvalue weighted by Gasteiger charge is 2.70. The minimum absolute atomic E-state index is 0.265. The molecule has 4 aliphatic rings. The van der Waals surface area contributed by atoms with Crippen molar-refractivity contribution in [3.05, 3.63) is 0 Å². The molecular weight excluding hydrogens is 310 g/mol. The van der Waals surface area contributed by atoms with E-state index in [9.17, 15) is 0 Å². The van der Waals surface area contributed by atoms with Crippen LogP contribution in [0.4, 0.5) is 0 Å². The summed E-state index contributed by atoms with van der Waals surface area (Å²) in [5, 5.41) is 3.41. The van der Waals surface area contributed by atoms with Gasteiger partial charge < -0.3 is 33.7 Å². The van der Waals surface area contributed by atoms with Crippen molar-refractivity contribution in [3.63, 3.8) is 0 Å². The van der Waals surface area contributed by atoms with Crippen LogP contribution in [0, 0.1) is 0 Å². The van der Waals surface area contributed by atoms with Crippen LogP contribution in [0.1, 0.15) is 27.7 Å². The van der Waals surface area contributed by atoms with Crippen LogP contribution < -0.4 is 5.32 Å². The Balaban J connectivity index is 1.64. The van der Waals surface area contributed by atoms with E-state index in [-0.39, 0.29) is 18.3 Å². The van der Waals surface area contributed by atoms with Gasteiger partial charge in [-0.3, -0.25) is 0 Å². The first-order valence-corrected chi connectivity index (χ1v) is 7.91. The first-order chi connectivity index (χ1) is 10.2. The number of hydrogen-bond donors (Lipinski definition) is 1. The van der Waals surface area contributed by atoms with E-state index in [0.717, 1.165) is 0 Å². The third kappa shape index (κ3) is 2.16. The molecule has 0 saturated carbocycles. The molecule has 1 N–H and O–H groups in total. The Morgan fingerprint density at radius 3 is 2.41 bits per heavy atom. The molecule has 4 fully saturated rings. The Kier molecular flexibility index (Phi) is 3.09. The number of rotatable bonds is 1. The zero-order chi connectivity index (χ0) is 15.8. The maximum Gasteiger partial charge on any atom is 0.257 e. The molecule has 4 rings (SSSR count). The van der Waals surface area contributed by atoms with Crippen molar-refractivity contribution in [1.82, 2.24) is 5.32 Å². The molecule has 0 unspecified atom stereocenters. The van der Waals surface area contributed by atoms with E-state index in [1.54, 1.807) is 0 Å². The smallest absolute Gasteiger partial charge is 0.257 e. The second-order valence-electron chi connectivity index (χ2n) is 7.05. The number of thiocarbonyl (C=S) groups is 1. The van der Waals surface area contributed by atoms with Gasteiger partial charge in [-0.1, -0.05) is 0 Å². The monoisotopic (exact) mass is 331 g/mol. The topological polar surface area (TPSA) is 67.4 Å². The van der Waals surface area contributed by atoms with Crippen molar-refractivity contribution in [2.24, 2.45) is 0 Å². The van der Waals surface area contributed by atoms with Crippen LogP contribution in [0.15, 0.2) is 0 Å². The zero-order valence-corrected chi connectivity index (χ0v) is 13.9. The van der Waals surface area contributed by atoms with Gasteiger partial charge in [0.05, 0.1) is 13.2 Å². The Hall–Kier alpha value is -0.510. The summed E-state index contributed by atoms with van der Waals surface area (Å²) < 4.78 is 35.6. The lowest BCUT2D eigenvalue weighted by atomic mass is 9.89. The molecule has 0 aromatic heterocycles. The molecule has 0 aromatic carbocycles. The molecule has 0 aliphatic carbocycles. The summed E-state index contributed by atoms with van der Waals surface area (Å²) in [6.07, 6.45) is -1.52. The van der Waals surface area contributed by atoms with E-state index in [1.165, 1.54) is 0 Å². The summed E-state index contributed by atoms with van der Waals surface area (Å²) >= 11 is 5.16. The molecule has 22 heavy (non-hydrogen) atoms. The maximum atomic E-state index is 6.11. The first-order valence-electron chi connectivity index (χ1n) is 7.51. The Morgan fingerprint density at radius 2 is 1.82 bits per heavy atom. The van der Waals surface area contributed by atoms with Gasteiger partial charge in [-0.25, -0.2) is 0 Å². The van der Waals surface area contributed by atoms with E-state index in [0.29, 0.717) is 18.3 Å². The first kappa shape index (κ1) is 15.0. The largest absolute Gasteiger partial charge is 0.457 e. The summed E-state index contributed by atoms with van der Waals surface area (Å²) in [6.45, 7) is 8.40. The third-order valence-corrected chi connectivity index (χ3v) is 4.69. The molecule has 0 bridgehead atoms. The van der Waals surface area contributed by atoms with Gasteiger partial charge in [0.2, 0.25) is 0 Å². The summed E-state index contributed by atoms with van der Waals surface area (Å²) in [6, 6.07) is 0. The van der Waals surface area contributed by atoms with Gasteiger partial charge in [-0.15, -0.1) is 0 Å². The predicted molar refractivity (Wildman–Crippen MR) is 78.0 cm³/mol. The van der Waals surface area contributed by atoms with Crippen LogP contribution in [-0.2, 0) is 28.4 Å². The van der Waals surface area contributed by atoms with Crippen LogP contribution >= 0.6 is 12.2 Å². The van der Waals surface area contributed by atoms with E-state index in [2.05, 4.69) is 5.32 Å². The summed E-state index contributed by atoms with van der Waals surface area (Å²) in [4.78, 5) is 0. The fraction of sp³-hybridized carbons (Fsp3) is 0.929. The van der Waals surface area contributed by atoms with Gasteiger partial charge in [0, 0.05) is 0 Å². The standard InChI is InChI=1S/C14H21NO6S/c1-12(2)16-5-7(18-12)8-14(6-15-11(22)21-14)9-10(17-8)20-13(3,4)19-9/h7-10H,5-6H2,1-4H3,(H,15,22)/t7-,8-,9+,10-,14+/m1/s1. The minimum atomic E-state index is -0.760. The Morgan fingerprint density at radius 1 is 1.05 bits per heavy atom. The van der Waals surface area contributed by atoms with Crippen molar-refractivity contribution >= 4 is 17.4 Å². The number of nitrogens with one attached hydrogen (secondary N) is 1. The van der Waals surface area contributed by atoms with Crippen LogP contribution in [0.5, 0.6) is 0 Å². The summed E-state index contributed by atoms with van der Waals surface area (Å²) in [5.41, 5.74) is -0.760. The average molecular weight is 331 g/mol. The van der Waals surface area contributed by atoms with Gasteiger partial charge in [0.1, 0.15) is 12.2 Å². The molecule has 4 aliphatic heterocycles. The van der Waals surface area contributed by atoms with Gasteiger partial charge in [0.25, 0.3) is 5.17 Å². The number of ether oxygens (including phenoxy) is 6. The molecule has 0 aromatic rings. The summed E-state index contributed by atoms with van der Waals surface area (Å²) in [5.74, 6) is -1.35. The molecule has 124 valence electrons.